The molecule has 27 heavy (non-hydrogen) atoms. The molecule has 0 bridgehead atoms. The molecule has 0 unspecified atom stereocenters. The number of nitrogens with two attached hydrogens (primary N) is 1. The van der Waals surface area contributed by atoms with Gasteiger partial charge in [0.25, 0.3) is 15.9 Å². The number of nitrogens with one attached hydrogen (secondary N) is 2. The molecule has 0 saturated carbocycles. The van der Waals surface area contributed by atoms with E-state index in [0.717, 1.165) is 11.3 Å². The Morgan fingerprint density at radius 2 is 1.44 bits per heavy atom. The fourth-order valence-electron chi connectivity index (χ4n) is 2.23. The first-order chi connectivity index (χ1) is 12.8. The van der Waals surface area contributed by atoms with Crippen molar-refractivity contribution in [2.75, 3.05) is 10.0 Å². The molecular formula is C18H15N3O4S2. The van der Waals surface area contributed by atoms with Gasteiger partial charge in [0.1, 0.15) is 4.21 Å². The zero-order chi connectivity index (χ0) is 19.4. The standard InChI is InChI=1S/C18H15N3O4S2/c19-17(22)12-3-7-14(8-4-12)20-18(23)13-5-9-15(10-6-13)21-27(24,25)16-2-1-11-26-16/h1-11,21H,(H2,19,22)(H,20,23). The number of carbonyl (C=O) groups is 2. The van der Waals surface area contributed by atoms with E-state index < -0.39 is 15.9 Å². The molecule has 138 valence electrons. The third kappa shape index (κ3) is 4.52. The van der Waals surface area contributed by atoms with Crippen molar-refractivity contribution in [2.45, 2.75) is 4.21 Å². The van der Waals surface area contributed by atoms with Crippen molar-refractivity contribution in [3.63, 3.8) is 0 Å². The molecule has 7 nitrogen and oxygen atoms in total. The van der Waals surface area contributed by atoms with Crippen LogP contribution in [-0.4, -0.2) is 20.2 Å². The number of sulfonamides is 1. The first-order valence-electron chi connectivity index (χ1n) is 7.73. The van der Waals surface area contributed by atoms with Crippen molar-refractivity contribution in [3.05, 3.63) is 77.2 Å². The highest BCUT2D eigenvalue weighted by molar-refractivity contribution is 7.94. The Kier molecular flexibility index (Phi) is 5.24. The van der Waals surface area contributed by atoms with E-state index in [9.17, 15) is 18.0 Å². The van der Waals surface area contributed by atoms with Crippen LogP contribution in [0.2, 0.25) is 0 Å². The van der Waals surface area contributed by atoms with Crippen LogP contribution in [0.3, 0.4) is 0 Å². The first-order valence-corrected chi connectivity index (χ1v) is 10.1. The molecule has 0 radical (unpaired) electrons. The maximum Gasteiger partial charge on any atom is 0.271 e. The molecule has 0 spiro atoms. The highest BCUT2D eigenvalue weighted by atomic mass is 32.2. The van der Waals surface area contributed by atoms with Gasteiger partial charge in [-0.15, -0.1) is 11.3 Å². The van der Waals surface area contributed by atoms with Gasteiger partial charge in [0.15, 0.2) is 0 Å². The van der Waals surface area contributed by atoms with Crippen LogP contribution < -0.4 is 15.8 Å². The van der Waals surface area contributed by atoms with Gasteiger partial charge in [-0.25, -0.2) is 8.42 Å². The van der Waals surface area contributed by atoms with Crippen LogP contribution in [-0.2, 0) is 10.0 Å². The van der Waals surface area contributed by atoms with Gasteiger partial charge >= 0.3 is 0 Å². The quantitative estimate of drug-likeness (QED) is 0.588. The second-order valence-corrected chi connectivity index (χ2v) is 8.37. The van der Waals surface area contributed by atoms with Crippen molar-refractivity contribution < 1.29 is 18.0 Å². The maximum absolute atomic E-state index is 12.3. The van der Waals surface area contributed by atoms with Gasteiger partial charge in [0.2, 0.25) is 5.91 Å². The fraction of sp³-hybridized carbons (Fsp3) is 0. The third-order valence-corrected chi connectivity index (χ3v) is 6.37. The number of amides is 2. The first kappa shape index (κ1) is 18.6. The minimum atomic E-state index is -3.63. The summed E-state index contributed by atoms with van der Waals surface area (Å²) >= 11 is 1.12. The van der Waals surface area contributed by atoms with Crippen LogP contribution in [0.5, 0.6) is 0 Å². The van der Waals surface area contributed by atoms with Crippen molar-refractivity contribution in [1.29, 1.82) is 0 Å². The number of primary amides is 1. The summed E-state index contributed by atoms with van der Waals surface area (Å²) in [6, 6.07) is 15.4. The number of hydrogen-bond acceptors (Lipinski definition) is 5. The second-order valence-electron chi connectivity index (χ2n) is 5.51. The number of hydrogen-bond donors (Lipinski definition) is 3. The van der Waals surface area contributed by atoms with Gasteiger partial charge in [-0.1, -0.05) is 6.07 Å². The van der Waals surface area contributed by atoms with Crippen LogP contribution in [0, 0.1) is 0 Å². The Hall–Kier alpha value is -3.17. The smallest absolute Gasteiger partial charge is 0.271 e. The molecule has 0 saturated heterocycles. The number of benzene rings is 2. The van der Waals surface area contributed by atoms with Crippen LogP contribution in [0.1, 0.15) is 20.7 Å². The minimum Gasteiger partial charge on any atom is -0.366 e. The molecule has 3 rings (SSSR count). The molecule has 0 aliphatic heterocycles. The predicted octanol–water partition coefficient (Wildman–Crippen LogP) is 2.90. The van der Waals surface area contributed by atoms with Gasteiger partial charge in [-0.2, -0.15) is 0 Å². The van der Waals surface area contributed by atoms with E-state index in [4.69, 9.17) is 5.73 Å². The summed E-state index contributed by atoms with van der Waals surface area (Å²) in [7, 11) is -3.63. The average molecular weight is 401 g/mol. The van der Waals surface area contributed by atoms with Gasteiger partial charge in [0.05, 0.1) is 0 Å². The molecule has 0 fully saturated rings. The van der Waals surface area contributed by atoms with Crippen LogP contribution in [0.15, 0.2) is 70.3 Å². The van der Waals surface area contributed by atoms with Gasteiger partial charge in [-0.05, 0) is 60.0 Å². The van der Waals surface area contributed by atoms with E-state index in [0.29, 0.717) is 22.5 Å². The van der Waals surface area contributed by atoms with Crippen LogP contribution in [0.4, 0.5) is 11.4 Å². The largest absolute Gasteiger partial charge is 0.366 e. The molecule has 1 aromatic heterocycles. The van der Waals surface area contributed by atoms with E-state index in [1.54, 1.807) is 23.6 Å². The second kappa shape index (κ2) is 7.60. The topological polar surface area (TPSA) is 118 Å². The molecule has 4 N–H and O–H groups in total. The normalized spacial score (nSPS) is 11.0. The van der Waals surface area contributed by atoms with E-state index >= 15 is 0 Å². The summed E-state index contributed by atoms with van der Waals surface area (Å²) < 4.78 is 27.0. The summed E-state index contributed by atoms with van der Waals surface area (Å²) in [6.45, 7) is 0. The minimum absolute atomic E-state index is 0.212. The summed E-state index contributed by atoms with van der Waals surface area (Å²) in [4.78, 5) is 23.3. The number of rotatable bonds is 6. The third-order valence-electron chi connectivity index (χ3n) is 3.59. The van der Waals surface area contributed by atoms with Gasteiger partial charge in [-0.3, -0.25) is 14.3 Å². The van der Waals surface area contributed by atoms with E-state index in [2.05, 4.69) is 10.0 Å². The van der Waals surface area contributed by atoms with E-state index in [1.165, 1.54) is 42.5 Å². The fourth-order valence-corrected chi connectivity index (χ4v) is 4.28. The Morgan fingerprint density at radius 1 is 0.852 bits per heavy atom. The van der Waals surface area contributed by atoms with Gasteiger partial charge < -0.3 is 11.1 Å². The van der Waals surface area contributed by atoms with Crippen molar-refractivity contribution >= 4 is 44.5 Å². The molecular weight excluding hydrogens is 386 g/mol. The summed E-state index contributed by atoms with van der Waals surface area (Å²) in [6.07, 6.45) is 0. The average Bonchev–Trinajstić information content (AvgIpc) is 3.18. The molecule has 0 aliphatic carbocycles. The zero-order valence-corrected chi connectivity index (χ0v) is 15.5. The Morgan fingerprint density at radius 3 is 2.00 bits per heavy atom. The molecule has 1 heterocycles. The summed E-state index contributed by atoms with van der Waals surface area (Å²) in [5.41, 5.74) is 6.73. The lowest BCUT2D eigenvalue weighted by atomic mass is 10.1. The highest BCUT2D eigenvalue weighted by Gasteiger charge is 2.15. The Balaban J connectivity index is 1.67. The van der Waals surface area contributed by atoms with Crippen LogP contribution in [0.25, 0.3) is 0 Å². The van der Waals surface area contributed by atoms with Crippen molar-refractivity contribution in [1.82, 2.24) is 0 Å². The lowest BCUT2D eigenvalue weighted by molar-refractivity contribution is 0.0998. The molecule has 3 aromatic rings. The zero-order valence-electron chi connectivity index (χ0n) is 13.9. The molecule has 2 amide bonds. The lowest BCUT2D eigenvalue weighted by Crippen LogP contribution is -2.14. The molecule has 9 heteroatoms. The predicted molar refractivity (Wildman–Crippen MR) is 104 cm³/mol. The molecule has 0 atom stereocenters. The lowest BCUT2D eigenvalue weighted by Gasteiger charge is -2.08. The molecule has 0 aliphatic rings. The monoisotopic (exact) mass is 401 g/mol. The Bertz CT molecular complexity index is 1060. The van der Waals surface area contributed by atoms with Crippen LogP contribution >= 0.6 is 11.3 Å². The number of thiophene rings is 1. The number of carbonyl (C=O) groups excluding carboxylic acids is 2. The number of anilines is 2. The maximum atomic E-state index is 12.3. The van der Waals surface area contributed by atoms with Crippen molar-refractivity contribution in [3.8, 4) is 0 Å². The Labute approximate surface area is 159 Å². The summed E-state index contributed by atoms with van der Waals surface area (Å²) in [5, 5.41) is 4.36. The highest BCUT2D eigenvalue weighted by Crippen LogP contribution is 2.20. The van der Waals surface area contributed by atoms with E-state index in [1.807, 2.05) is 0 Å². The molecule has 2 aromatic carbocycles. The van der Waals surface area contributed by atoms with Gasteiger partial charge in [0, 0.05) is 22.5 Å². The summed E-state index contributed by atoms with van der Waals surface area (Å²) in [5.74, 6) is -0.914. The van der Waals surface area contributed by atoms with E-state index in [-0.39, 0.29) is 10.1 Å². The van der Waals surface area contributed by atoms with Crippen molar-refractivity contribution in [2.24, 2.45) is 5.73 Å². The SMILES string of the molecule is NC(=O)c1ccc(NC(=O)c2ccc(NS(=O)(=O)c3cccs3)cc2)cc1.